The number of aromatic nitrogens is 2. The molecule has 4 rings (SSSR count). The van der Waals surface area contributed by atoms with Crippen molar-refractivity contribution in [2.45, 2.75) is 30.6 Å². The molecule has 182 valence electrons. The molecular weight excluding hydrogens is 450 g/mol. The van der Waals surface area contributed by atoms with Crippen LogP contribution in [0, 0.1) is 11.8 Å². The highest BCUT2D eigenvalue weighted by Crippen LogP contribution is 2.29. The van der Waals surface area contributed by atoms with Gasteiger partial charge in [0, 0.05) is 32.6 Å². The Morgan fingerprint density at radius 1 is 0.941 bits per heavy atom. The molecule has 1 aromatic heterocycles. The normalized spacial score (nSPS) is 18.6. The van der Waals surface area contributed by atoms with Crippen LogP contribution in [-0.2, 0) is 10.0 Å². The summed E-state index contributed by atoms with van der Waals surface area (Å²) >= 11 is 0. The Balaban J connectivity index is 1.27. The Morgan fingerprint density at radius 2 is 1.59 bits per heavy atom. The molecule has 1 saturated carbocycles. The number of nitrogens with one attached hydrogen (secondary N) is 2. The van der Waals surface area contributed by atoms with Gasteiger partial charge in [-0.3, -0.25) is 0 Å². The number of anilines is 2. The lowest BCUT2D eigenvalue weighted by molar-refractivity contribution is 0.284. The molecular formula is C25H33N5O3S. The number of rotatable bonds is 9. The maximum absolute atomic E-state index is 12.6. The highest BCUT2D eigenvalue weighted by atomic mass is 32.2. The molecule has 34 heavy (non-hydrogen) atoms. The zero-order chi connectivity index (χ0) is 24.1. The van der Waals surface area contributed by atoms with Crippen LogP contribution in [0.5, 0.6) is 5.75 Å². The Labute approximate surface area is 201 Å². The number of para-hydroxylation sites is 1. The molecule has 0 saturated heterocycles. The van der Waals surface area contributed by atoms with Crippen molar-refractivity contribution in [3.8, 4) is 5.75 Å². The van der Waals surface area contributed by atoms with Gasteiger partial charge in [-0.1, -0.05) is 12.1 Å². The quantitative estimate of drug-likeness (QED) is 0.476. The number of fused-ring (bicyclic) bond motifs is 1. The summed E-state index contributed by atoms with van der Waals surface area (Å²) < 4.78 is 33.1. The second-order valence-electron chi connectivity index (χ2n) is 9.08. The lowest BCUT2D eigenvalue weighted by atomic mass is 9.82. The van der Waals surface area contributed by atoms with Crippen LogP contribution in [0.25, 0.3) is 10.9 Å². The molecule has 3 aromatic rings. The Morgan fingerprint density at radius 3 is 2.24 bits per heavy atom. The molecule has 0 amide bonds. The molecule has 2 N–H and O–H groups in total. The Hall–Kier alpha value is -2.91. The predicted octanol–water partition coefficient (Wildman–Crippen LogP) is 3.90. The molecule has 9 heteroatoms. The summed E-state index contributed by atoms with van der Waals surface area (Å²) in [6.07, 6.45) is 4.10. The van der Waals surface area contributed by atoms with E-state index in [0.29, 0.717) is 30.1 Å². The van der Waals surface area contributed by atoms with Crippen LogP contribution >= 0.6 is 0 Å². The lowest BCUT2D eigenvalue weighted by Crippen LogP contribution is -2.32. The molecule has 1 aliphatic carbocycles. The van der Waals surface area contributed by atoms with Gasteiger partial charge in [0.25, 0.3) is 0 Å². The number of methoxy groups -OCH3 is 1. The molecule has 1 heterocycles. The maximum Gasteiger partial charge on any atom is 0.240 e. The first kappa shape index (κ1) is 24.2. The third-order valence-corrected chi connectivity index (χ3v) is 7.89. The van der Waals surface area contributed by atoms with Crippen molar-refractivity contribution in [2.24, 2.45) is 11.8 Å². The fourth-order valence-corrected chi connectivity index (χ4v) is 5.54. The van der Waals surface area contributed by atoms with E-state index in [1.54, 1.807) is 31.4 Å². The van der Waals surface area contributed by atoms with Crippen LogP contribution in [0.2, 0.25) is 0 Å². The third kappa shape index (κ3) is 5.77. The summed E-state index contributed by atoms with van der Waals surface area (Å²) in [6.45, 7) is 1.28. The van der Waals surface area contributed by atoms with Crippen LogP contribution < -0.4 is 19.7 Å². The molecule has 0 unspecified atom stereocenters. The highest BCUT2D eigenvalue weighted by molar-refractivity contribution is 7.89. The zero-order valence-electron chi connectivity index (χ0n) is 20.0. The van der Waals surface area contributed by atoms with E-state index >= 15 is 0 Å². The second-order valence-corrected chi connectivity index (χ2v) is 10.8. The van der Waals surface area contributed by atoms with E-state index in [4.69, 9.17) is 9.72 Å². The fraction of sp³-hybridized carbons (Fsp3) is 0.440. The van der Waals surface area contributed by atoms with Crippen molar-refractivity contribution in [2.75, 3.05) is 44.5 Å². The fourth-order valence-electron chi connectivity index (χ4n) is 4.42. The second kappa shape index (κ2) is 10.6. The first-order valence-corrected chi connectivity index (χ1v) is 13.2. The van der Waals surface area contributed by atoms with Gasteiger partial charge >= 0.3 is 0 Å². The summed E-state index contributed by atoms with van der Waals surface area (Å²) in [5, 5.41) is 4.47. The van der Waals surface area contributed by atoms with E-state index in [9.17, 15) is 8.42 Å². The van der Waals surface area contributed by atoms with E-state index in [0.717, 1.165) is 48.9 Å². The minimum atomic E-state index is -3.51. The van der Waals surface area contributed by atoms with Crippen LogP contribution in [-0.4, -0.2) is 52.7 Å². The largest absolute Gasteiger partial charge is 0.497 e. The molecule has 0 atom stereocenters. The number of sulfonamides is 1. The van der Waals surface area contributed by atoms with E-state index < -0.39 is 10.0 Å². The standard InChI is InChI=1S/C25H33N5O3S/c1-30(2)24-22-6-4-5-7-23(22)28-25(29-24)26-16-18-8-10-19(11-9-18)17-27-34(31,32)21-14-12-20(33-3)13-15-21/h4-7,12-15,18-19,27H,8-11,16-17H2,1-3H3,(H,26,28,29)/t18-,19-. The smallest absolute Gasteiger partial charge is 0.240 e. The van der Waals surface area contributed by atoms with Gasteiger partial charge < -0.3 is 15.0 Å². The van der Waals surface area contributed by atoms with Gasteiger partial charge in [-0.25, -0.2) is 18.1 Å². The molecule has 0 spiro atoms. The van der Waals surface area contributed by atoms with Crippen LogP contribution in [0.1, 0.15) is 25.7 Å². The SMILES string of the molecule is COc1ccc(S(=O)(=O)NC[C@H]2CC[C@H](CNc3nc(N(C)C)c4ccccc4n3)CC2)cc1. The Bertz CT molecular complexity index is 1210. The first-order valence-electron chi connectivity index (χ1n) is 11.7. The number of ether oxygens (including phenoxy) is 1. The highest BCUT2D eigenvalue weighted by Gasteiger charge is 2.23. The molecule has 0 aliphatic heterocycles. The molecule has 1 fully saturated rings. The number of hydrogen-bond acceptors (Lipinski definition) is 7. The van der Waals surface area contributed by atoms with Crippen molar-refractivity contribution in [3.05, 3.63) is 48.5 Å². The van der Waals surface area contributed by atoms with Gasteiger partial charge in [0.1, 0.15) is 11.6 Å². The topological polar surface area (TPSA) is 96.5 Å². The molecule has 2 aromatic carbocycles. The van der Waals surface area contributed by atoms with Crippen LogP contribution in [0.4, 0.5) is 11.8 Å². The van der Waals surface area contributed by atoms with Gasteiger partial charge in [-0.05, 0) is 73.9 Å². The summed E-state index contributed by atoms with van der Waals surface area (Å²) in [5.41, 5.74) is 0.927. The number of nitrogens with zero attached hydrogens (tertiary/aromatic N) is 3. The van der Waals surface area contributed by atoms with Crippen LogP contribution in [0.3, 0.4) is 0 Å². The summed E-state index contributed by atoms with van der Waals surface area (Å²) in [7, 11) is 2.02. The molecule has 0 bridgehead atoms. The average molecular weight is 484 g/mol. The average Bonchev–Trinajstić information content (AvgIpc) is 2.86. The summed E-state index contributed by atoms with van der Waals surface area (Å²) in [6, 6.07) is 14.5. The van der Waals surface area contributed by atoms with Gasteiger partial charge in [-0.15, -0.1) is 0 Å². The van der Waals surface area contributed by atoms with Crippen molar-refractivity contribution >= 4 is 32.7 Å². The predicted molar refractivity (Wildman–Crippen MR) is 136 cm³/mol. The van der Waals surface area contributed by atoms with Crippen molar-refractivity contribution in [1.29, 1.82) is 0 Å². The monoisotopic (exact) mass is 483 g/mol. The first-order chi connectivity index (χ1) is 16.4. The number of benzene rings is 2. The van der Waals surface area contributed by atoms with Gasteiger partial charge in [0.05, 0.1) is 17.5 Å². The van der Waals surface area contributed by atoms with Crippen molar-refractivity contribution < 1.29 is 13.2 Å². The van der Waals surface area contributed by atoms with E-state index in [1.165, 1.54) is 0 Å². The van der Waals surface area contributed by atoms with Gasteiger partial charge in [0.2, 0.25) is 16.0 Å². The minimum Gasteiger partial charge on any atom is -0.497 e. The third-order valence-electron chi connectivity index (χ3n) is 6.45. The Kier molecular flexibility index (Phi) is 7.53. The summed E-state index contributed by atoms with van der Waals surface area (Å²) in [4.78, 5) is 11.7. The van der Waals surface area contributed by atoms with Crippen LogP contribution in [0.15, 0.2) is 53.4 Å². The van der Waals surface area contributed by atoms with Crippen molar-refractivity contribution in [1.82, 2.24) is 14.7 Å². The summed E-state index contributed by atoms with van der Waals surface area (Å²) in [5.74, 6) is 3.06. The van der Waals surface area contributed by atoms with Gasteiger partial charge in [0.15, 0.2) is 0 Å². The van der Waals surface area contributed by atoms with E-state index in [-0.39, 0.29) is 4.90 Å². The maximum atomic E-state index is 12.6. The minimum absolute atomic E-state index is 0.263. The van der Waals surface area contributed by atoms with E-state index in [2.05, 4.69) is 15.0 Å². The lowest BCUT2D eigenvalue weighted by Gasteiger charge is -2.28. The van der Waals surface area contributed by atoms with E-state index in [1.807, 2.05) is 43.3 Å². The van der Waals surface area contributed by atoms with Gasteiger partial charge in [-0.2, -0.15) is 4.98 Å². The molecule has 8 nitrogen and oxygen atoms in total. The number of hydrogen-bond donors (Lipinski definition) is 2. The zero-order valence-corrected chi connectivity index (χ0v) is 20.8. The molecule has 1 aliphatic rings. The molecule has 0 radical (unpaired) electrons. The van der Waals surface area contributed by atoms with Crippen molar-refractivity contribution in [3.63, 3.8) is 0 Å².